The van der Waals surface area contributed by atoms with Crippen molar-refractivity contribution in [1.29, 1.82) is 0 Å². The highest BCUT2D eigenvalue weighted by molar-refractivity contribution is 6.24. The molecule has 0 saturated carbocycles. The number of rotatable bonds is 6. The summed E-state index contributed by atoms with van der Waals surface area (Å²) in [6.45, 7) is 9.76. The Morgan fingerprint density at radius 2 is 1.62 bits per heavy atom. The summed E-state index contributed by atoms with van der Waals surface area (Å²) < 4.78 is 12.2. The van der Waals surface area contributed by atoms with Crippen molar-refractivity contribution in [2.75, 3.05) is 18.6 Å². The number of ether oxygens (including phenoxy) is 2. The fourth-order valence-corrected chi connectivity index (χ4v) is 4.71. The molecule has 7 nitrogen and oxygen atoms in total. The van der Waals surface area contributed by atoms with Crippen LogP contribution in [0, 0.1) is 20.8 Å². The number of aryl methyl sites for hydroxylation is 2. The van der Waals surface area contributed by atoms with Gasteiger partial charge in [-0.2, -0.15) is 0 Å². The van der Waals surface area contributed by atoms with Gasteiger partial charge in [-0.05, 0) is 94.3 Å². The summed E-state index contributed by atoms with van der Waals surface area (Å²) in [5.74, 6) is -1.37. The molecule has 0 aliphatic carbocycles. The van der Waals surface area contributed by atoms with Gasteiger partial charge < -0.3 is 14.0 Å². The van der Waals surface area contributed by atoms with Gasteiger partial charge in [-0.3, -0.25) is 9.69 Å². The molecule has 0 atom stereocenters. The van der Waals surface area contributed by atoms with E-state index in [-0.39, 0.29) is 23.7 Å². The van der Waals surface area contributed by atoms with Gasteiger partial charge in [0.25, 0.3) is 5.91 Å². The summed E-state index contributed by atoms with van der Waals surface area (Å²) in [4.78, 5) is 40.0. The molecule has 4 rings (SSSR count). The van der Waals surface area contributed by atoms with E-state index >= 15 is 0 Å². The molecule has 0 spiro atoms. The van der Waals surface area contributed by atoms with E-state index in [9.17, 15) is 14.4 Å². The van der Waals surface area contributed by atoms with Gasteiger partial charge in [-0.15, -0.1) is 0 Å². The monoisotopic (exact) mass is 498 g/mol. The highest BCUT2D eigenvalue weighted by Crippen LogP contribution is 2.36. The minimum Gasteiger partial charge on any atom is -0.465 e. The number of hydrogen-bond donors (Lipinski definition) is 0. The first-order valence-electron chi connectivity index (χ1n) is 12.1. The van der Waals surface area contributed by atoms with Crippen molar-refractivity contribution >= 4 is 29.6 Å². The molecular formula is C30H30N2O5. The molecule has 1 aromatic heterocycles. The van der Waals surface area contributed by atoms with Crippen LogP contribution in [0.4, 0.5) is 5.69 Å². The van der Waals surface area contributed by atoms with Crippen LogP contribution in [0.3, 0.4) is 0 Å². The van der Waals surface area contributed by atoms with Gasteiger partial charge in [0.1, 0.15) is 0 Å². The Morgan fingerprint density at radius 1 is 0.919 bits per heavy atom. The molecule has 2 heterocycles. The molecule has 0 N–H and O–H groups in total. The van der Waals surface area contributed by atoms with Crippen molar-refractivity contribution in [1.82, 2.24) is 4.57 Å². The van der Waals surface area contributed by atoms with Crippen LogP contribution in [0.25, 0.3) is 11.8 Å². The van der Waals surface area contributed by atoms with Gasteiger partial charge in [-0.1, -0.05) is 12.1 Å². The first-order valence-corrected chi connectivity index (χ1v) is 12.1. The first-order chi connectivity index (χ1) is 17.7. The van der Waals surface area contributed by atoms with Crippen LogP contribution < -0.4 is 4.90 Å². The Bertz CT molecular complexity index is 1460. The molecule has 1 aliphatic heterocycles. The average molecular weight is 499 g/mol. The highest BCUT2D eigenvalue weighted by atomic mass is 16.5. The average Bonchev–Trinajstić information content (AvgIpc) is 3.29. The van der Waals surface area contributed by atoms with E-state index < -0.39 is 11.9 Å². The summed E-state index contributed by atoms with van der Waals surface area (Å²) in [5, 5.41) is 0. The normalized spacial score (nSPS) is 14.5. The van der Waals surface area contributed by atoms with Crippen LogP contribution in [0.2, 0.25) is 0 Å². The zero-order valence-corrected chi connectivity index (χ0v) is 21.9. The zero-order chi connectivity index (χ0) is 26.9. The molecule has 0 saturated heterocycles. The van der Waals surface area contributed by atoms with Crippen LogP contribution in [0.5, 0.6) is 0 Å². The second kappa shape index (κ2) is 10.3. The number of nitrogens with zero attached hydrogens (tertiary/aromatic N) is 2. The van der Waals surface area contributed by atoms with Gasteiger partial charge in [-0.25, -0.2) is 9.59 Å². The molecule has 1 amide bonds. The number of aromatic nitrogens is 1. The topological polar surface area (TPSA) is 77.8 Å². The standard InChI is InChI=1S/C30H30N2O5/c1-7-37-29(34)22-11-13-24(14-12-22)32-21(5)27(30(35)36-6)26(28(32)33)17-23-16-19(3)31(20(23)4)25-10-8-9-18(2)15-25/h8-17H,7H2,1-6H3/b26-17-. The number of benzene rings is 2. The lowest BCUT2D eigenvalue weighted by Crippen LogP contribution is -2.24. The van der Waals surface area contributed by atoms with Crippen LogP contribution >= 0.6 is 0 Å². The molecule has 2 aromatic carbocycles. The molecule has 3 aromatic rings. The predicted octanol–water partition coefficient (Wildman–Crippen LogP) is 5.46. The third-order valence-electron chi connectivity index (χ3n) is 6.46. The Labute approximate surface area is 216 Å². The van der Waals surface area contributed by atoms with Gasteiger partial charge in [0, 0.05) is 28.5 Å². The van der Waals surface area contributed by atoms with E-state index in [1.165, 1.54) is 12.0 Å². The van der Waals surface area contributed by atoms with E-state index in [1.54, 1.807) is 44.2 Å². The van der Waals surface area contributed by atoms with Crippen molar-refractivity contribution in [3.8, 4) is 5.69 Å². The van der Waals surface area contributed by atoms with Gasteiger partial charge >= 0.3 is 11.9 Å². The predicted molar refractivity (Wildman–Crippen MR) is 143 cm³/mol. The lowest BCUT2D eigenvalue weighted by atomic mass is 10.0. The quantitative estimate of drug-likeness (QED) is 0.333. The number of esters is 2. The summed E-state index contributed by atoms with van der Waals surface area (Å²) >= 11 is 0. The molecule has 190 valence electrons. The van der Waals surface area contributed by atoms with Crippen molar-refractivity contribution in [3.05, 3.63) is 99.5 Å². The van der Waals surface area contributed by atoms with Crippen molar-refractivity contribution in [2.45, 2.75) is 34.6 Å². The molecule has 37 heavy (non-hydrogen) atoms. The van der Waals surface area contributed by atoms with Crippen LogP contribution in [-0.4, -0.2) is 36.1 Å². The van der Waals surface area contributed by atoms with Crippen molar-refractivity contribution in [2.24, 2.45) is 0 Å². The first kappa shape index (κ1) is 25.7. The summed E-state index contributed by atoms with van der Waals surface area (Å²) in [5.41, 5.74) is 6.79. The maximum atomic E-state index is 13.7. The second-order valence-electron chi connectivity index (χ2n) is 8.92. The molecule has 1 aliphatic rings. The zero-order valence-electron chi connectivity index (χ0n) is 21.9. The Balaban J connectivity index is 1.78. The van der Waals surface area contributed by atoms with Crippen LogP contribution in [-0.2, 0) is 19.1 Å². The van der Waals surface area contributed by atoms with Crippen LogP contribution in [0.15, 0.2) is 71.4 Å². The number of allylic oxidation sites excluding steroid dienone is 1. The summed E-state index contributed by atoms with van der Waals surface area (Å²) in [7, 11) is 1.30. The largest absolute Gasteiger partial charge is 0.465 e. The molecule has 0 fully saturated rings. The van der Waals surface area contributed by atoms with E-state index in [1.807, 2.05) is 45.0 Å². The minimum atomic E-state index is -0.588. The molecule has 0 radical (unpaired) electrons. The maximum absolute atomic E-state index is 13.7. The third kappa shape index (κ3) is 4.72. The Hall–Kier alpha value is -4.39. The lowest BCUT2D eigenvalue weighted by Gasteiger charge is -2.18. The van der Waals surface area contributed by atoms with Gasteiger partial charge in [0.15, 0.2) is 0 Å². The molecule has 0 unspecified atom stereocenters. The number of hydrogen-bond acceptors (Lipinski definition) is 5. The SMILES string of the molecule is CCOC(=O)c1ccc(N2C(=O)/C(=C\c3cc(C)n(-c4cccc(C)c4)c3C)C(C(=O)OC)=C2C)cc1. The van der Waals surface area contributed by atoms with E-state index in [0.29, 0.717) is 16.9 Å². The second-order valence-corrected chi connectivity index (χ2v) is 8.92. The van der Waals surface area contributed by atoms with E-state index in [4.69, 9.17) is 9.47 Å². The number of carbonyl (C=O) groups excluding carboxylic acids is 3. The highest BCUT2D eigenvalue weighted by Gasteiger charge is 2.38. The minimum absolute atomic E-state index is 0.210. The van der Waals surface area contributed by atoms with Crippen molar-refractivity contribution in [3.63, 3.8) is 0 Å². The molecule has 0 bridgehead atoms. The molecular weight excluding hydrogens is 468 g/mol. The maximum Gasteiger partial charge on any atom is 0.340 e. The van der Waals surface area contributed by atoms with Gasteiger partial charge in [0.2, 0.25) is 0 Å². The number of carbonyl (C=O) groups is 3. The molecule has 7 heteroatoms. The van der Waals surface area contributed by atoms with Crippen LogP contribution in [0.1, 0.15) is 46.7 Å². The third-order valence-corrected chi connectivity index (χ3v) is 6.46. The summed E-state index contributed by atoms with van der Waals surface area (Å²) in [6, 6.07) is 16.7. The number of amides is 1. The van der Waals surface area contributed by atoms with E-state index in [0.717, 1.165) is 28.2 Å². The smallest absolute Gasteiger partial charge is 0.340 e. The van der Waals surface area contributed by atoms with Crippen molar-refractivity contribution < 1.29 is 23.9 Å². The summed E-state index contributed by atoms with van der Waals surface area (Å²) in [6.07, 6.45) is 1.75. The van der Waals surface area contributed by atoms with E-state index in [2.05, 4.69) is 10.6 Å². The fraction of sp³-hybridized carbons (Fsp3) is 0.233. The number of methoxy groups -OCH3 is 1. The Morgan fingerprint density at radius 3 is 2.24 bits per heavy atom. The van der Waals surface area contributed by atoms with Gasteiger partial charge in [0.05, 0.1) is 30.4 Å². The Kier molecular flexibility index (Phi) is 7.16. The fourth-order valence-electron chi connectivity index (χ4n) is 4.71. The number of anilines is 1. The lowest BCUT2D eigenvalue weighted by molar-refractivity contribution is -0.136.